The van der Waals surface area contributed by atoms with Crippen LogP contribution in [0.15, 0.2) is 24.3 Å². The van der Waals surface area contributed by atoms with Gasteiger partial charge >= 0.3 is 0 Å². The average Bonchev–Trinajstić information content (AvgIpc) is 2.41. The normalized spacial score (nSPS) is 22.1. The second-order valence-corrected chi connectivity index (χ2v) is 5.68. The number of thiocarbonyl (C=S) groups is 1. The van der Waals surface area contributed by atoms with E-state index in [1.54, 1.807) is 12.1 Å². The van der Waals surface area contributed by atoms with Crippen molar-refractivity contribution in [2.45, 2.75) is 38.6 Å². The third kappa shape index (κ3) is 3.90. The first-order valence-electron chi connectivity index (χ1n) is 6.88. The zero-order valence-corrected chi connectivity index (χ0v) is 12.3. The topological polar surface area (TPSA) is 67.2 Å². The van der Waals surface area contributed by atoms with Crippen LogP contribution in [0.3, 0.4) is 0 Å². The highest BCUT2D eigenvalue weighted by Gasteiger charge is 2.21. The molecule has 1 saturated carbocycles. The van der Waals surface area contributed by atoms with E-state index in [2.05, 4.69) is 17.6 Å². The van der Waals surface area contributed by atoms with Crippen molar-refractivity contribution in [1.29, 1.82) is 0 Å². The van der Waals surface area contributed by atoms with Gasteiger partial charge in [-0.25, -0.2) is 0 Å². The molecule has 1 fully saturated rings. The summed E-state index contributed by atoms with van der Waals surface area (Å²) in [6, 6.07) is 6.75. The average molecular weight is 293 g/mol. The molecule has 2 rings (SSSR count). The van der Waals surface area contributed by atoms with Crippen molar-refractivity contribution in [2.24, 2.45) is 5.92 Å². The quantitative estimate of drug-likeness (QED) is 0.507. The van der Waals surface area contributed by atoms with Crippen LogP contribution in [0.25, 0.3) is 0 Å². The lowest BCUT2D eigenvalue weighted by atomic mass is 9.86. The Balaban J connectivity index is 1.94. The minimum absolute atomic E-state index is 0.0591. The lowest BCUT2D eigenvalue weighted by Crippen LogP contribution is -2.43. The predicted molar refractivity (Wildman–Crippen MR) is 83.9 cm³/mol. The van der Waals surface area contributed by atoms with Gasteiger partial charge in [-0.05, 0) is 37.0 Å². The number of anilines is 1. The lowest BCUT2D eigenvalue weighted by Gasteiger charge is -2.30. The molecule has 5 nitrogen and oxygen atoms in total. The highest BCUT2D eigenvalue weighted by Crippen LogP contribution is 2.24. The Morgan fingerprint density at radius 2 is 2.15 bits per heavy atom. The van der Waals surface area contributed by atoms with Crippen molar-refractivity contribution >= 4 is 28.7 Å². The summed E-state index contributed by atoms with van der Waals surface area (Å²) < 4.78 is 0. The minimum Gasteiger partial charge on any atom is -0.359 e. The Morgan fingerprint density at radius 1 is 1.40 bits per heavy atom. The number of benzene rings is 1. The maximum absolute atomic E-state index is 10.7. The largest absolute Gasteiger partial charge is 0.359 e. The van der Waals surface area contributed by atoms with Crippen molar-refractivity contribution in [3.8, 4) is 0 Å². The summed E-state index contributed by atoms with van der Waals surface area (Å²) in [5.41, 5.74) is 0.698. The van der Waals surface area contributed by atoms with Crippen LogP contribution in [0.5, 0.6) is 0 Å². The minimum atomic E-state index is -0.412. The molecule has 0 aliphatic heterocycles. The van der Waals surface area contributed by atoms with Crippen molar-refractivity contribution in [2.75, 3.05) is 5.32 Å². The van der Waals surface area contributed by atoms with E-state index < -0.39 is 4.92 Å². The molecule has 108 valence electrons. The molecule has 1 aromatic carbocycles. The molecule has 2 N–H and O–H groups in total. The zero-order valence-electron chi connectivity index (χ0n) is 11.5. The van der Waals surface area contributed by atoms with E-state index in [9.17, 15) is 10.1 Å². The highest BCUT2D eigenvalue weighted by atomic mass is 32.1. The zero-order chi connectivity index (χ0) is 14.5. The Hall–Kier alpha value is -1.69. The van der Waals surface area contributed by atoms with Crippen molar-refractivity contribution in [3.05, 3.63) is 34.4 Å². The van der Waals surface area contributed by atoms with Crippen LogP contribution in [0, 0.1) is 16.0 Å². The number of rotatable bonds is 3. The second-order valence-electron chi connectivity index (χ2n) is 5.27. The van der Waals surface area contributed by atoms with Crippen molar-refractivity contribution < 1.29 is 4.92 Å². The molecule has 2 atom stereocenters. The Bertz CT molecular complexity index is 507. The smallest absolute Gasteiger partial charge is 0.271 e. The maximum Gasteiger partial charge on any atom is 0.271 e. The number of hydrogen-bond donors (Lipinski definition) is 2. The predicted octanol–water partition coefficient (Wildman–Crippen LogP) is 3.46. The van der Waals surface area contributed by atoms with Gasteiger partial charge in [-0.15, -0.1) is 0 Å². The summed E-state index contributed by atoms with van der Waals surface area (Å²) in [6.45, 7) is 2.23. The van der Waals surface area contributed by atoms with E-state index >= 15 is 0 Å². The van der Waals surface area contributed by atoms with Crippen LogP contribution in [-0.4, -0.2) is 16.1 Å². The van der Waals surface area contributed by atoms with Gasteiger partial charge in [0.15, 0.2) is 5.11 Å². The number of non-ortho nitro benzene ring substituents is 1. The SMILES string of the molecule is C[C@@H]1CCCC[C@H]1NC(=S)Nc1cccc([N+](=O)[O-])c1. The van der Waals surface area contributed by atoms with Gasteiger partial charge in [-0.3, -0.25) is 10.1 Å². The van der Waals surface area contributed by atoms with Gasteiger partial charge in [0.1, 0.15) is 0 Å². The van der Waals surface area contributed by atoms with E-state index in [-0.39, 0.29) is 5.69 Å². The molecule has 0 saturated heterocycles. The molecular formula is C14H19N3O2S. The molecule has 0 heterocycles. The molecule has 1 aliphatic carbocycles. The maximum atomic E-state index is 10.7. The highest BCUT2D eigenvalue weighted by molar-refractivity contribution is 7.80. The van der Waals surface area contributed by atoms with Gasteiger partial charge < -0.3 is 10.6 Å². The fourth-order valence-corrected chi connectivity index (χ4v) is 2.83. The van der Waals surface area contributed by atoms with Crippen LogP contribution in [0.1, 0.15) is 32.6 Å². The first-order chi connectivity index (χ1) is 9.56. The van der Waals surface area contributed by atoms with Gasteiger partial charge in [-0.2, -0.15) is 0 Å². The first-order valence-corrected chi connectivity index (χ1v) is 7.29. The number of nitrogens with zero attached hydrogens (tertiary/aromatic N) is 1. The lowest BCUT2D eigenvalue weighted by molar-refractivity contribution is -0.384. The molecule has 0 radical (unpaired) electrons. The van der Waals surface area contributed by atoms with Crippen LogP contribution in [0.4, 0.5) is 11.4 Å². The van der Waals surface area contributed by atoms with Gasteiger partial charge in [0.05, 0.1) is 4.92 Å². The Labute approximate surface area is 123 Å². The van der Waals surface area contributed by atoms with Crippen LogP contribution >= 0.6 is 12.2 Å². The summed E-state index contributed by atoms with van der Waals surface area (Å²) >= 11 is 5.29. The number of nitro groups is 1. The third-order valence-electron chi connectivity index (χ3n) is 3.74. The van der Waals surface area contributed by atoms with Crippen molar-refractivity contribution in [3.63, 3.8) is 0 Å². The third-order valence-corrected chi connectivity index (χ3v) is 3.96. The molecule has 6 heteroatoms. The molecule has 1 aliphatic rings. The van der Waals surface area contributed by atoms with E-state index in [0.717, 1.165) is 6.42 Å². The molecule has 0 aromatic heterocycles. The van der Waals surface area contributed by atoms with Gasteiger partial charge in [0.25, 0.3) is 5.69 Å². The number of nitro benzene ring substituents is 1. The van der Waals surface area contributed by atoms with Gasteiger partial charge in [0, 0.05) is 23.9 Å². The molecule has 0 spiro atoms. The second kappa shape index (κ2) is 6.65. The summed E-state index contributed by atoms with van der Waals surface area (Å²) in [4.78, 5) is 10.3. The Kier molecular flexibility index (Phi) is 4.89. The molecule has 0 bridgehead atoms. The number of nitrogens with one attached hydrogen (secondary N) is 2. The monoisotopic (exact) mass is 293 g/mol. The summed E-state index contributed by atoms with van der Waals surface area (Å²) in [7, 11) is 0. The van der Waals surface area contributed by atoms with E-state index in [1.807, 2.05) is 0 Å². The van der Waals surface area contributed by atoms with Crippen molar-refractivity contribution in [1.82, 2.24) is 5.32 Å². The van der Waals surface area contributed by atoms with E-state index in [1.165, 1.54) is 31.4 Å². The molecule has 0 amide bonds. The summed E-state index contributed by atoms with van der Waals surface area (Å²) in [5.74, 6) is 0.605. The van der Waals surface area contributed by atoms with Gasteiger partial charge in [-0.1, -0.05) is 25.8 Å². The molecule has 1 aromatic rings. The molecule has 0 unspecified atom stereocenters. The van der Waals surface area contributed by atoms with Crippen LogP contribution in [0.2, 0.25) is 0 Å². The standard InChI is InChI=1S/C14H19N3O2S/c1-10-5-2-3-8-13(10)16-14(20)15-11-6-4-7-12(9-11)17(18)19/h4,6-7,9-10,13H,2-3,5,8H2,1H3,(H2,15,16,20)/t10-,13-/m1/s1. The van der Waals surface area contributed by atoms with Gasteiger partial charge in [0.2, 0.25) is 0 Å². The number of hydrogen-bond acceptors (Lipinski definition) is 3. The Morgan fingerprint density at radius 3 is 2.85 bits per heavy atom. The van der Waals surface area contributed by atoms with E-state index in [4.69, 9.17) is 12.2 Å². The van der Waals surface area contributed by atoms with Crippen LogP contribution < -0.4 is 10.6 Å². The summed E-state index contributed by atoms with van der Waals surface area (Å²) in [5, 5.41) is 17.6. The molecular weight excluding hydrogens is 274 g/mol. The first kappa shape index (κ1) is 14.7. The van der Waals surface area contributed by atoms with Crippen LogP contribution in [-0.2, 0) is 0 Å². The molecule has 20 heavy (non-hydrogen) atoms. The fourth-order valence-electron chi connectivity index (χ4n) is 2.56. The van der Waals surface area contributed by atoms with E-state index in [0.29, 0.717) is 22.8 Å². The summed E-state index contributed by atoms with van der Waals surface area (Å²) in [6.07, 6.45) is 4.85. The fraction of sp³-hybridized carbons (Fsp3) is 0.500.